The summed E-state index contributed by atoms with van der Waals surface area (Å²) in [7, 11) is -6.93. The summed E-state index contributed by atoms with van der Waals surface area (Å²) >= 11 is 0. The zero-order chi connectivity index (χ0) is 20.6. The van der Waals surface area contributed by atoms with Crippen LogP contribution in [0, 0.1) is 0 Å². The third kappa shape index (κ3) is 5.51. The SMILES string of the molecule is C=C(C)C(=O)OCCCC1(C)C[Si](C)(C)[Si](C)(C)[Si](C)(O[Si](C)(C)C)O1. The van der Waals surface area contributed by atoms with Gasteiger partial charge in [0, 0.05) is 13.2 Å². The number of carbonyl (C=O) groups is 1. The molecule has 0 aromatic carbocycles. The summed E-state index contributed by atoms with van der Waals surface area (Å²) in [4.78, 5) is 11.6. The van der Waals surface area contributed by atoms with Gasteiger partial charge in [0.2, 0.25) is 0 Å². The lowest BCUT2D eigenvalue weighted by atomic mass is 10.0. The van der Waals surface area contributed by atoms with E-state index in [0.29, 0.717) is 12.2 Å². The van der Waals surface area contributed by atoms with Gasteiger partial charge >= 0.3 is 14.0 Å². The number of esters is 1. The zero-order valence-electron chi connectivity index (χ0n) is 18.7. The van der Waals surface area contributed by atoms with Crippen LogP contribution in [0.2, 0.25) is 58.4 Å². The molecule has 1 rings (SSSR count). The summed E-state index contributed by atoms with van der Waals surface area (Å²) in [6, 6.07) is 1.17. The van der Waals surface area contributed by atoms with Crippen molar-refractivity contribution in [3.05, 3.63) is 12.2 Å². The lowest BCUT2D eigenvalue weighted by Gasteiger charge is -2.59. The highest BCUT2D eigenvalue weighted by atomic mass is 29.7. The van der Waals surface area contributed by atoms with Gasteiger partial charge in [-0.2, -0.15) is 0 Å². The van der Waals surface area contributed by atoms with E-state index in [1.165, 1.54) is 6.04 Å². The number of carbonyl (C=O) groups excluding carboxylic acids is 1. The van der Waals surface area contributed by atoms with E-state index in [0.717, 1.165) is 12.8 Å². The average Bonchev–Trinajstić information content (AvgIpc) is 2.38. The smallest absolute Gasteiger partial charge is 0.333 e. The number of hydrogen-bond acceptors (Lipinski definition) is 4. The zero-order valence-corrected chi connectivity index (χ0v) is 22.7. The molecule has 0 radical (unpaired) electrons. The molecule has 1 saturated heterocycles. The lowest BCUT2D eigenvalue weighted by Crippen LogP contribution is -2.81. The molecular formula is C18H40O4Si4. The first-order valence-electron chi connectivity index (χ1n) is 9.68. The summed E-state index contributed by atoms with van der Waals surface area (Å²) in [5.74, 6) is -0.302. The molecule has 0 aromatic heterocycles. The van der Waals surface area contributed by atoms with Crippen LogP contribution in [-0.2, 0) is 18.1 Å². The monoisotopic (exact) mass is 432 g/mol. The van der Waals surface area contributed by atoms with Gasteiger partial charge in [0.25, 0.3) is 0 Å². The molecule has 4 nitrogen and oxygen atoms in total. The van der Waals surface area contributed by atoms with E-state index in [2.05, 4.69) is 65.9 Å². The first kappa shape index (κ1) is 24.0. The van der Waals surface area contributed by atoms with Gasteiger partial charge in [-0.25, -0.2) is 4.79 Å². The predicted octanol–water partition coefficient (Wildman–Crippen LogP) is 5.17. The lowest BCUT2D eigenvalue weighted by molar-refractivity contribution is -0.139. The first-order valence-corrected chi connectivity index (χ1v) is 23.6. The van der Waals surface area contributed by atoms with Crippen LogP contribution in [0.15, 0.2) is 12.2 Å². The van der Waals surface area contributed by atoms with E-state index in [9.17, 15) is 4.79 Å². The van der Waals surface area contributed by atoms with Crippen molar-refractivity contribution in [2.24, 2.45) is 0 Å². The molecular weight excluding hydrogens is 393 g/mol. The fourth-order valence-electron chi connectivity index (χ4n) is 4.01. The molecule has 0 bridgehead atoms. The van der Waals surface area contributed by atoms with Crippen LogP contribution in [0.25, 0.3) is 0 Å². The summed E-state index contributed by atoms with van der Waals surface area (Å²) < 4.78 is 19.1. The van der Waals surface area contributed by atoms with E-state index in [-0.39, 0.29) is 11.6 Å². The molecule has 0 spiro atoms. The van der Waals surface area contributed by atoms with Gasteiger partial charge in [-0.15, -0.1) is 0 Å². The Morgan fingerprint density at radius 2 is 1.73 bits per heavy atom. The Hall–Kier alpha value is -0.00247. The van der Waals surface area contributed by atoms with E-state index in [1.54, 1.807) is 6.92 Å². The molecule has 2 unspecified atom stereocenters. The van der Waals surface area contributed by atoms with Crippen molar-refractivity contribution in [1.82, 2.24) is 0 Å². The molecule has 0 aliphatic carbocycles. The Morgan fingerprint density at radius 1 is 1.19 bits per heavy atom. The van der Waals surface area contributed by atoms with Crippen LogP contribution in [0.1, 0.15) is 26.7 Å². The van der Waals surface area contributed by atoms with Crippen molar-refractivity contribution in [1.29, 1.82) is 0 Å². The van der Waals surface area contributed by atoms with Crippen LogP contribution in [-0.4, -0.2) is 49.3 Å². The van der Waals surface area contributed by atoms with Crippen molar-refractivity contribution in [2.75, 3.05) is 6.61 Å². The minimum absolute atomic E-state index is 0.158. The van der Waals surface area contributed by atoms with Crippen LogP contribution < -0.4 is 0 Å². The van der Waals surface area contributed by atoms with Gasteiger partial charge in [0.15, 0.2) is 8.32 Å². The van der Waals surface area contributed by atoms with Gasteiger partial charge < -0.3 is 13.3 Å². The van der Waals surface area contributed by atoms with Crippen molar-refractivity contribution >= 4 is 37.1 Å². The third-order valence-electron chi connectivity index (χ3n) is 6.02. The van der Waals surface area contributed by atoms with Crippen molar-refractivity contribution in [3.8, 4) is 0 Å². The van der Waals surface area contributed by atoms with Crippen molar-refractivity contribution in [3.63, 3.8) is 0 Å². The van der Waals surface area contributed by atoms with Gasteiger partial charge in [0.05, 0.1) is 12.2 Å². The quantitative estimate of drug-likeness (QED) is 0.241. The fourth-order valence-corrected chi connectivity index (χ4v) is 41.6. The number of hydrogen-bond donors (Lipinski definition) is 0. The molecule has 0 saturated carbocycles. The molecule has 0 aromatic rings. The Morgan fingerprint density at radius 3 is 2.19 bits per heavy atom. The molecule has 0 N–H and O–H groups in total. The molecule has 1 heterocycles. The minimum atomic E-state index is -2.23. The van der Waals surface area contributed by atoms with Crippen LogP contribution in [0.5, 0.6) is 0 Å². The molecule has 1 aliphatic heterocycles. The number of ether oxygens (including phenoxy) is 1. The second kappa shape index (κ2) is 7.79. The highest BCUT2D eigenvalue weighted by molar-refractivity contribution is 7.67. The van der Waals surface area contributed by atoms with Crippen molar-refractivity contribution < 1.29 is 18.1 Å². The maximum atomic E-state index is 11.6. The van der Waals surface area contributed by atoms with E-state index in [4.69, 9.17) is 13.3 Å². The van der Waals surface area contributed by atoms with Crippen LogP contribution in [0.4, 0.5) is 0 Å². The van der Waals surface area contributed by atoms with Gasteiger partial charge in [-0.3, -0.25) is 0 Å². The predicted molar refractivity (Wildman–Crippen MR) is 120 cm³/mol. The Labute approximate surface area is 164 Å². The topological polar surface area (TPSA) is 44.8 Å². The maximum absolute atomic E-state index is 11.6. The molecule has 1 aliphatic rings. The molecule has 1 fully saturated rings. The molecule has 8 heteroatoms. The minimum Gasteiger partial charge on any atom is -0.462 e. The summed E-state index contributed by atoms with van der Waals surface area (Å²) in [5, 5.41) is 0. The highest BCUT2D eigenvalue weighted by Gasteiger charge is 2.65. The Bertz CT molecular complexity index is 556. The second-order valence-corrected chi connectivity index (χ2v) is 40.7. The number of rotatable bonds is 7. The summed E-state index contributed by atoms with van der Waals surface area (Å²) in [6.45, 7) is 27.3. The van der Waals surface area contributed by atoms with Crippen molar-refractivity contribution in [2.45, 2.75) is 90.7 Å². The van der Waals surface area contributed by atoms with Crippen LogP contribution in [0.3, 0.4) is 0 Å². The molecule has 0 amide bonds. The fraction of sp³-hybridized carbons (Fsp3) is 0.833. The summed E-state index contributed by atoms with van der Waals surface area (Å²) in [5.41, 5.74) is 0.295. The molecule has 2 atom stereocenters. The summed E-state index contributed by atoms with van der Waals surface area (Å²) in [6.07, 6.45) is 1.73. The van der Waals surface area contributed by atoms with E-state index in [1.807, 2.05) is 0 Å². The largest absolute Gasteiger partial charge is 0.462 e. The standard InChI is InChI=1S/C18H40O4Si4/c1-16(2)17(19)20-14-12-13-18(3)15-24(7,8)25(9,10)26(11,21-18)22-23(4,5)6/h1,12-15H2,2-11H3. The maximum Gasteiger partial charge on any atom is 0.333 e. The first-order chi connectivity index (χ1) is 11.4. The highest BCUT2D eigenvalue weighted by Crippen LogP contribution is 2.46. The van der Waals surface area contributed by atoms with E-state index < -0.39 is 31.1 Å². The van der Waals surface area contributed by atoms with Gasteiger partial charge in [-0.05, 0) is 58.9 Å². The normalized spacial score (nSPS) is 30.7. The molecule has 152 valence electrons. The average molecular weight is 433 g/mol. The van der Waals surface area contributed by atoms with Crippen LogP contribution >= 0.6 is 0 Å². The van der Waals surface area contributed by atoms with E-state index >= 15 is 0 Å². The van der Waals surface area contributed by atoms with Gasteiger partial charge in [0.1, 0.15) is 7.11 Å². The third-order valence-corrected chi connectivity index (χ3v) is 47.1. The van der Waals surface area contributed by atoms with Gasteiger partial charge in [-0.1, -0.05) is 32.8 Å². The Balaban J connectivity index is 2.93. The second-order valence-electron chi connectivity index (χ2n) is 10.4. The Kier molecular flexibility index (Phi) is 7.20. The molecule has 26 heavy (non-hydrogen) atoms.